The summed E-state index contributed by atoms with van der Waals surface area (Å²) in [4.78, 5) is 17.1. The van der Waals surface area contributed by atoms with Gasteiger partial charge in [-0.3, -0.25) is 4.79 Å². The molecular formula is C22H23N3O2. The van der Waals surface area contributed by atoms with E-state index in [1.54, 1.807) is 4.57 Å². The Kier molecular flexibility index (Phi) is 5.27. The maximum atomic E-state index is 12.6. The quantitative estimate of drug-likeness (QED) is 0.658. The number of benzene rings is 2. The lowest BCUT2D eigenvalue weighted by Crippen LogP contribution is -2.21. The molecular weight excluding hydrogens is 338 g/mol. The molecule has 0 amide bonds. The molecule has 0 radical (unpaired) electrons. The standard InChI is InChI=1S/C22H23N3O2/c1-14(2)17-10-9-16(11-15(17)3)27-13-21(26)18(12-23)22-24-19-7-5-6-8-20(19)25(22)4/h5-11,14,18H,13H2,1-4H3. The van der Waals surface area contributed by atoms with E-state index in [2.05, 4.69) is 24.9 Å². The minimum absolute atomic E-state index is 0.165. The van der Waals surface area contributed by atoms with Crippen LogP contribution in [-0.2, 0) is 11.8 Å². The summed E-state index contributed by atoms with van der Waals surface area (Å²) in [6, 6.07) is 15.5. The lowest BCUT2D eigenvalue weighted by Gasteiger charge is -2.13. The van der Waals surface area contributed by atoms with E-state index in [4.69, 9.17) is 4.74 Å². The summed E-state index contributed by atoms with van der Waals surface area (Å²) in [6.07, 6.45) is 0. The number of imidazole rings is 1. The van der Waals surface area contributed by atoms with E-state index in [9.17, 15) is 10.1 Å². The van der Waals surface area contributed by atoms with Gasteiger partial charge in [-0.15, -0.1) is 0 Å². The molecule has 0 fully saturated rings. The molecule has 5 heteroatoms. The molecule has 138 valence electrons. The number of para-hydroxylation sites is 2. The molecule has 1 aromatic heterocycles. The lowest BCUT2D eigenvalue weighted by molar-refractivity contribution is -0.121. The van der Waals surface area contributed by atoms with Crippen LogP contribution in [0.25, 0.3) is 11.0 Å². The van der Waals surface area contributed by atoms with Crippen LogP contribution < -0.4 is 4.74 Å². The number of ketones is 1. The van der Waals surface area contributed by atoms with Gasteiger partial charge in [0.2, 0.25) is 0 Å². The number of hydrogen-bond acceptors (Lipinski definition) is 4. The van der Waals surface area contributed by atoms with Gasteiger partial charge in [-0.2, -0.15) is 5.26 Å². The SMILES string of the molecule is Cc1cc(OCC(=O)C(C#N)c2nc3ccccc3n2C)ccc1C(C)C. The summed E-state index contributed by atoms with van der Waals surface area (Å²) < 4.78 is 7.46. The van der Waals surface area contributed by atoms with Crippen molar-refractivity contribution in [2.75, 3.05) is 6.61 Å². The van der Waals surface area contributed by atoms with Crippen LogP contribution in [0.5, 0.6) is 5.75 Å². The van der Waals surface area contributed by atoms with E-state index < -0.39 is 5.92 Å². The Morgan fingerprint density at radius 2 is 2.00 bits per heavy atom. The predicted molar refractivity (Wildman–Crippen MR) is 105 cm³/mol. The highest BCUT2D eigenvalue weighted by atomic mass is 16.5. The van der Waals surface area contributed by atoms with Crippen molar-refractivity contribution >= 4 is 16.8 Å². The number of Topliss-reactive ketones (excluding diaryl/α,β-unsaturated/α-hetero) is 1. The number of aryl methyl sites for hydroxylation is 2. The monoisotopic (exact) mass is 361 g/mol. The zero-order valence-corrected chi connectivity index (χ0v) is 16.1. The van der Waals surface area contributed by atoms with Gasteiger partial charge in [0.05, 0.1) is 17.1 Å². The Morgan fingerprint density at radius 1 is 1.26 bits per heavy atom. The number of fused-ring (bicyclic) bond motifs is 1. The van der Waals surface area contributed by atoms with Crippen LogP contribution in [-0.4, -0.2) is 21.9 Å². The van der Waals surface area contributed by atoms with E-state index in [0.717, 1.165) is 16.6 Å². The van der Waals surface area contributed by atoms with Gasteiger partial charge in [-0.25, -0.2) is 4.98 Å². The number of carbonyl (C=O) groups is 1. The third-order valence-corrected chi connectivity index (χ3v) is 4.78. The number of aromatic nitrogens is 2. The van der Waals surface area contributed by atoms with Gasteiger partial charge in [0.25, 0.3) is 0 Å². The zero-order valence-electron chi connectivity index (χ0n) is 16.1. The second-order valence-corrected chi connectivity index (χ2v) is 7.01. The molecule has 5 nitrogen and oxygen atoms in total. The molecule has 0 aliphatic carbocycles. The second-order valence-electron chi connectivity index (χ2n) is 7.01. The van der Waals surface area contributed by atoms with Gasteiger partial charge in [0, 0.05) is 7.05 Å². The molecule has 1 heterocycles. The fourth-order valence-electron chi connectivity index (χ4n) is 3.32. The molecule has 0 aliphatic rings. The van der Waals surface area contributed by atoms with Crippen LogP contribution in [0.4, 0.5) is 0 Å². The predicted octanol–water partition coefficient (Wildman–Crippen LogP) is 4.26. The topological polar surface area (TPSA) is 67.9 Å². The van der Waals surface area contributed by atoms with Crippen molar-refractivity contribution in [1.82, 2.24) is 9.55 Å². The largest absolute Gasteiger partial charge is 0.486 e. The Labute approximate surface area is 159 Å². The lowest BCUT2D eigenvalue weighted by atomic mass is 9.98. The Morgan fingerprint density at radius 3 is 2.63 bits per heavy atom. The van der Waals surface area contributed by atoms with Gasteiger partial charge in [-0.1, -0.05) is 32.0 Å². The number of hydrogen-bond donors (Lipinski definition) is 0. The Bertz CT molecular complexity index is 1030. The molecule has 0 saturated carbocycles. The highest BCUT2D eigenvalue weighted by Gasteiger charge is 2.26. The Balaban J connectivity index is 1.77. The first-order valence-corrected chi connectivity index (χ1v) is 8.99. The van der Waals surface area contributed by atoms with E-state index in [1.807, 2.05) is 56.4 Å². The third-order valence-electron chi connectivity index (χ3n) is 4.78. The normalized spacial score (nSPS) is 12.1. The van der Waals surface area contributed by atoms with Crippen LogP contribution in [0.2, 0.25) is 0 Å². The second kappa shape index (κ2) is 7.63. The number of nitrogens with zero attached hydrogens (tertiary/aromatic N) is 3. The van der Waals surface area contributed by atoms with Crippen LogP contribution in [0.15, 0.2) is 42.5 Å². The fourth-order valence-corrected chi connectivity index (χ4v) is 3.32. The van der Waals surface area contributed by atoms with Crippen molar-refractivity contribution < 1.29 is 9.53 Å². The molecule has 0 N–H and O–H groups in total. The van der Waals surface area contributed by atoms with Crippen molar-refractivity contribution in [1.29, 1.82) is 5.26 Å². The summed E-state index contributed by atoms with van der Waals surface area (Å²) in [6.45, 7) is 6.14. The average molecular weight is 361 g/mol. The van der Waals surface area contributed by atoms with Crippen molar-refractivity contribution in [3.05, 3.63) is 59.4 Å². The molecule has 27 heavy (non-hydrogen) atoms. The Hall–Kier alpha value is -3.13. The zero-order chi connectivity index (χ0) is 19.6. The first kappa shape index (κ1) is 18.7. The van der Waals surface area contributed by atoms with Crippen molar-refractivity contribution in [3.8, 4) is 11.8 Å². The summed E-state index contributed by atoms with van der Waals surface area (Å²) in [5, 5.41) is 9.56. The van der Waals surface area contributed by atoms with Crippen molar-refractivity contribution in [3.63, 3.8) is 0 Å². The molecule has 0 aliphatic heterocycles. The van der Waals surface area contributed by atoms with Gasteiger partial charge in [-0.05, 0) is 48.2 Å². The maximum absolute atomic E-state index is 12.6. The molecule has 0 spiro atoms. The summed E-state index contributed by atoms with van der Waals surface area (Å²) in [5.74, 6) is 0.242. The maximum Gasteiger partial charge on any atom is 0.194 e. The van der Waals surface area contributed by atoms with Crippen LogP contribution in [0.3, 0.4) is 0 Å². The summed E-state index contributed by atoms with van der Waals surface area (Å²) in [5.41, 5.74) is 4.04. The molecule has 0 saturated heterocycles. The van der Waals surface area contributed by atoms with E-state index in [-0.39, 0.29) is 12.4 Å². The van der Waals surface area contributed by atoms with Crippen LogP contribution >= 0.6 is 0 Å². The summed E-state index contributed by atoms with van der Waals surface area (Å²) >= 11 is 0. The molecule has 2 aromatic carbocycles. The molecule has 0 bridgehead atoms. The first-order chi connectivity index (χ1) is 12.9. The number of rotatable bonds is 6. The summed E-state index contributed by atoms with van der Waals surface area (Å²) in [7, 11) is 1.82. The molecule has 3 aromatic rings. The first-order valence-electron chi connectivity index (χ1n) is 8.99. The third kappa shape index (κ3) is 3.70. The van der Waals surface area contributed by atoms with Gasteiger partial charge in [0.1, 0.15) is 18.2 Å². The van der Waals surface area contributed by atoms with Gasteiger partial charge < -0.3 is 9.30 Å². The molecule has 1 unspecified atom stereocenters. The van der Waals surface area contributed by atoms with Crippen molar-refractivity contribution in [2.24, 2.45) is 7.05 Å². The molecule has 1 atom stereocenters. The number of ether oxygens (including phenoxy) is 1. The van der Waals surface area contributed by atoms with Crippen LogP contribution in [0, 0.1) is 18.3 Å². The van der Waals surface area contributed by atoms with Gasteiger partial charge in [0.15, 0.2) is 11.7 Å². The smallest absolute Gasteiger partial charge is 0.194 e. The number of nitriles is 1. The van der Waals surface area contributed by atoms with Crippen LogP contribution in [0.1, 0.15) is 42.6 Å². The fraction of sp³-hybridized carbons (Fsp3) is 0.318. The molecule has 3 rings (SSSR count). The van der Waals surface area contributed by atoms with E-state index in [1.165, 1.54) is 5.56 Å². The minimum atomic E-state index is -0.960. The number of carbonyl (C=O) groups excluding carboxylic acids is 1. The van der Waals surface area contributed by atoms with Crippen molar-refractivity contribution in [2.45, 2.75) is 32.6 Å². The average Bonchev–Trinajstić information content (AvgIpc) is 2.97. The highest BCUT2D eigenvalue weighted by Crippen LogP contribution is 2.25. The van der Waals surface area contributed by atoms with Gasteiger partial charge >= 0.3 is 0 Å². The van der Waals surface area contributed by atoms with E-state index in [0.29, 0.717) is 17.5 Å². The minimum Gasteiger partial charge on any atom is -0.486 e. The van der Waals surface area contributed by atoms with E-state index >= 15 is 0 Å². The highest BCUT2D eigenvalue weighted by molar-refractivity contribution is 5.90.